The maximum Gasteiger partial charge on any atom is 0.130 e. The molecule has 0 fully saturated rings. The van der Waals surface area contributed by atoms with Gasteiger partial charge in [0.25, 0.3) is 0 Å². The molecule has 0 amide bonds. The summed E-state index contributed by atoms with van der Waals surface area (Å²) in [4.78, 5) is 22.9. The second-order valence-corrected chi connectivity index (χ2v) is 12.9. The average Bonchev–Trinajstić information content (AvgIpc) is 3.16. The molecule has 0 saturated heterocycles. The molecule has 50 heavy (non-hydrogen) atoms. The molecular weight excluding hydrogens is 609 g/mol. The highest BCUT2D eigenvalue weighted by molar-refractivity contribution is 5.93. The Morgan fingerprint density at radius 1 is 0.400 bits per heavy atom. The Balaban J connectivity index is 1.23. The quantitative estimate of drug-likeness (QED) is 0.117. The summed E-state index contributed by atoms with van der Waals surface area (Å²) in [5.41, 5.74) is 13.9. The average molecular weight is 651 g/mol. The molecule has 0 N–H and O–H groups in total. The van der Waals surface area contributed by atoms with E-state index in [1.807, 2.05) is 12.1 Å². The molecule has 6 rings (SSSR count). The smallest absolute Gasteiger partial charge is 0.130 e. The molecule has 2 nitrogen and oxygen atoms in total. The normalized spacial score (nSPS) is 11.7. The van der Waals surface area contributed by atoms with Crippen molar-refractivity contribution in [2.24, 2.45) is 0 Å². The topological polar surface area (TPSA) is 34.1 Å². The minimum absolute atomic E-state index is 0.216. The zero-order valence-electron chi connectivity index (χ0n) is 28.8. The minimum atomic E-state index is 0.216. The van der Waals surface area contributed by atoms with Crippen molar-refractivity contribution in [2.45, 2.75) is 39.5 Å². The lowest BCUT2D eigenvalue weighted by Crippen LogP contribution is -1.95. The first-order chi connectivity index (χ1) is 24.4. The van der Waals surface area contributed by atoms with Gasteiger partial charge in [0.05, 0.1) is 0 Å². The second kappa shape index (κ2) is 16.5. The number of carbonyl (C=O) groups is 2. The lowest BCUT2D eigenvalue weighted by Gasteiger charge is -2.11. The van der Waals surface area contributed by atoms with Gasteiger partial charge in [-0.15, -0.1) is 0 Å². The SMILES string of the molecule is CC(=O)CCc1ccc(C(=Cc2ccc(-c3ccc(C=C(c4ccccc4)c4ccc(CCC(C)=O)cc4)cc3)cc2)c2ccccc2)cc1. The van der Waals surface area contributed by atoms with E-state index in [9.17, 15) is 9.59 Å². The van der Waals surface area contributed by atoms with Crippen molar-refractivity contribution in [3.63, 3.8) is 0 Å². The molecule has 0 aliphatic heterocycles. The van der Waals surface area contributed by atoms with Gasteiger partial charge in [0, 0.05) is 12.8 Å². The molecule has 0 aromatic heterocycles. The maximum atomic E-state index is 11.5. The van der Waals surface area contributed by atoms with Gasteiger partial charge in [-0.3, -0.25) is 0 Å². The van der Waals surface area contributed by atoms with Gasteiger partial charge in [0.15, 0.2) is 0 Å². The monoisotopic (exact) mass is 650 g/mol. The molecule has 0 saturated carbocycles. The van der Waals surface area contributed by atoms with E-state index in [0.717, 1.165) is 68.5 Å². The van der Waals surface area contributed by atoms with E-state index in [1.165, 1.54) is 11.1 Å². The molecule has 0 spiro atoms. The first kappa shape index (κ1) is 34.0. The van der Waals surface area contributed by atoms with E-state index in [-0.39, 0.29) is 11.6 Å². The molecule has 6 aromatic rings. The van der Waals surface area contributed by atoms with Crippen LogP contribution in [0, 0.1) is 0 Å². The second-order valence-electron chi connectivity index (χ2n) is 12.9. The van der Waals surface area contributed by atoms with Crippen LogP contribution in [0.3, 0.4) is 0 Å². The molecule has 0 radical (unpaired) electrons. The number of Topliss-reactive ketones (excluding diaryl/α,β-unsaturated/α-hetero) is 2. The molecular formula is C48H42O2. The predicted molar refractivity (Wildman–Crippen MR) is 210 cm³/mol. The Labute approximate surface area is 296 Å². The van der Waals surface area contributed by atoms with Gasteiger partial charge in [-0.1, -0.05) is 158 Å². The summed E-state index contributed by atoms with van der Waals surface area (Å²) in [7, 11) is 0. The van der Waals surface area contributed by atoms with Gasteiger partial charge in [-0.25, -0.2) is 0 Å². The van der Waals surface area contributed by atoms with Crippen LogP contribution in [0.15, 0.2) is 158 Å². The van der Waals surface area contributed by atoms with Crippen molar-refractivity contribution < 1.29 is 9.59 Å². The lowest BCUT2D eigenvalue weighted by molar-refractivity contribution is -0.117. The Morgan fingerprint density at radius 2 is 0.720 bits per heavy atom. The van der Waals surface area contributed by atoms with Crippen LogP contribution < -0.4 is 0 Å². The van der Waals surface area contributed by atoms with Crippen LogP contribution in [-0.2, 0) is 22.4 Å². The van der Waals surface area contributed by atoms with Crippen LogP contribution in [0.5, 0.6) is 0 Å². The predicted octanol–water partition coefficient (Wildman–Crippen LogP) is 11.6. The largest absolute Gasteiger partial charge is 0.300 e. The Kier molecular flexibility index (Phi) is 11.2. The van der Waals surface area contributed by atoms with Crippen LogP contribution in [-0.4, -0.2) is 11.6 Å². The van der Waals surface area contributed by atoms with Gasteiger partial charge in [-0.2, -0.15) is 0 Å². The highest BCUT2D eigenvalue weighted by Crippen LogP contribution is 2.30. The number of ketones is 2. The highest BCUT2D eigenvalue weighted by atomic mass is 16.1. The van der Waals surface area contributed by atoms with Crippen molar-refractivity contribution in [1.29, 1.82) is 0 Å². The molecule has 0 heterocycles. The number of hydrogen-bond acceptors (Lipinski definition) is 2. The Morgan fingerprint density at radius 3 is 1.04 bits per heavy atom. The molecule has 0 atom stereocenters. The van der Waals surface area contributed by atoms with Gasteiger partial charge in [-0.05, 0) is 106 Å². The van der Waals surface area contributed by atoms with Crippen molar-refractivity contribution in [1.82, 2.24) is 0 Å². The summed E-state index contributed by atoms with van der Waals surface area (Å²) in [6.45, 7) is 3.29. The summed E-state index contributed by atoms with van der Waals surface area (Å²) < 4.78 is 0. The number of rotatable bonds is 13. The minimum Gasteiger partial charge on any atom is -0.300 e. The van der Waals surface area contributed by atoms with Gasteiger partial charge < -0.3 is 9.59 Å². The highest BCUT2D eigenvalue weighted by Gasteiger charge is 2.09. The number of carbonyl (C=O) groups excluding carboxylic acids is 2. The van der Waals surface area contributed by atoms with Gasteiger partial charge in [0.2, 0.25) is 0 Å². The Hall–Kier alpha value is -5.86. The number of benzene rings is 6. The van der Waals surface area contributed by atoms with Crippen LogP contribution in [0.2, 0.25) is 0 Å². The van der Waals surface area contributed by atoms with Crippen molar-refractivity contribution in [3.8, 4) is 11.1 Å². The molecule has 0 unspecified atom stereocenters. The zero-order chi connectivity index (χ0) is 34.7. The summed E-state index contributed by atoms with van der Waals surface area (Å²) in [6, 6.07) is 55.6. The van der Waals surface area contributed by atoms with Crippen LogP contribution in [0.25, 0.3) is 34.4 Å². The van der Waals surface area contributed by atoms with Crippen molar-refractivity contribution in [3.05, 3.63) is 202 Å². The zero-order valence-corrected chi connectivity index (χ0v) is 28.8. The fourth-order valence-electron chi connectivity index (χ4n) is 6.12. The molecule has 246 valence electrons. The lowest BCUT2D eigenvalue weighted by atomic mass is 9.93. The van der Waals surface area contributed by atoms with Crippen molar-refractivity contribution >= 4 is 34.9 Å². The standard InChI is InChI=1S/C48H42O2/c1-35(49)13-15-37-17-29-45(30-18-37)47(43-9-5-3-6-10-43)33-39-21-25-41(26-22-39)42-27-23-40(24-28-42)34-48(44-11-7-4-8-12-44)46-31-19-38(20-32-46)16-14-36(2)50/h3-12,17-34H,13-16H2,1-2H3. The van der Waals surface area contributed by atoms with Crippen LogP contribution in [0.1, 0.15) is 71.2 Å². The van der Waals surface area contributed by atoms with E-state index in [1.54, 1.807) is 13.8 Å². The molecule has 0 bridgehead atoms. The van der Waals surface area contributed by atoms with E-state index >= 15 is 0 Å². The molecule has 0 aliphatic carbocycles. The summed E-state index contributed by atoms with van der Waals surface area (Å²) in [5, 5.41) is 0. The van der Waals surface area contributed by atoms with E-state index in [0.29, 0.717) is 12.8 Å². The molecule has 6 aromatic carbocycles. The fraction of sp³-hybridized carbons (Fsp3) is 0.125. The Bertz CT molecular complexity index is 1930. The molecule has 0 aliphatic rings. The van der Waals surface area contributed by atoms with Crippen LogP contribution >= 0.6 is 0 Å². The van der Waals surface area contributed by atoms with Gasteiger partial charge in [0.1, 0.15) is 11.6 Å². The third-order valence-electron chi connectivity index (χ3n) is 9.01. The first-order valence-electron chi connectivity index (χ1n) is 17.3. The van der Waals surface area contributed by atoms with E-state index in [2.05, 4.69) is 158 Å². The number of aryl methyl sites for hydroxylation is 2. The number of hydrogen-bond donors (Lipinski definition) is 0. The summed E-state index contributed by atoms with van der Waals surface area (Å²) >= 11 is 0. The van der Waals surface area contributed by atoms with E-state index < -0.39 is 0 Å². The third-order valence-corrected chi connectivity index (χ3v) is 9.01. The van der Waals surface area contributed by atoms with E-state index in [4.69, 9.17) is 0 Å². The van der Waals surface area contributed by atoms with Gasteiger partial charge >= 0.3 is 0 Å². The summed E-state index contributed by atoms with van der Waals surface area (Å²) in [5.74, 6) is 0.432. The molecule has 2 heteroatoms. The maximum absolute atomic E-state index is 11.5. The van der Waals surface area contributed by atoms with Crippen LogP contribution in [0.4, 0.5) is 0 Å². The first-order valence-corrected chi connectivity index (χ1v) is 17.3. The third kappa shape index (κ3) is 9.18. The fourth-order valence-corrected chi connectivity index (χ4v) is 6.12. The van der Waals surface area contributed by atoms with Crippen molar-refractivity contribution in [2.75, 3.05) is 0 Å². The summed E-state index contributed by atoms with van der Waals surface area (Å²) in [6.07, 6.45) is 7.17.